The number of benzene rings is 1. The van der Waals surface area contributed by atoms with Crippen molar-refractivity contribution in [1.82, 2.24) is 9.78 Å². The molecule has 1 N–H and O–H groups in total. The Labute approximate surface area is 139 Å². The van der Waals surface area contributed by atoms with Crippen LogP contribution in [0, 0.1) is 13.8 Å². The van der Waals surface area contributed by atoms with Gasteiger partial charge >= 0.3 is 0 Å². The fraction of sp³-hybridized carbons (Fsp3) is 0.188. The number of nitrogens with one attached hydrogen (secondary N) is 1. The van der Waals surface area contributed by atoms with Gasteiger partial charge in [0.05, 0.1) is 10.6 Å². The molecule has 0 bridgehead atoms. The van der Waals surface area contributed by atoms with E-state index in [0.717, 1.165) is 16.0 Å². The van der Waals surface area contributed by atoms with Gasteiger partial charge in [-0.25, -0.2) is 8.42 Å². The van der Waals surface area contributed by atoms with Crippen molar-refractivity contribution >= 4 is 27.0 Å². The first kappa shape index (κ1) is 15.8. The molecule has 0 amide bonds. The standard InChI is InChI=1S/C16H17N3O2S2/c1-11-6-7-12(2)13(9-11)18-23(20,21)15-10-19(3)17-16(15)14-5-4-8-22-14/h4-10,18H,1-3H3. The fourth-order valence-electron chi connectivity index (χ4n) is 2.29. The number of aryl methyl sites for hydroxylation is 3. The monoisotopic (exact) mass is 347 g/mol. The van der Waals surface area contributed by atoms with Crippen LogP contribution in [0.25, 0.3) is 10.6 Å². The maximum atomic E-state index is 12.8. The number of aromatic nitrogens is 2. The summed E-state index contributed by atoms with van der Waals surface area (Å²) in [6, 6.07) is 9.42. The van der Waals surface area contributed by atoms with Crippen LogP contribution in [0.1, 0.15) is 11.1 Å². The molecule has 0 radical (unpaired) electrons. The van der Waals surface area contributed by atoms with Gasteiger partial charge in [-0.2, -0.15) is 5.10 Å². The summed E-state index contributed by atoms with van der Waals surface area (Å²) in [4.78, 5) is 1.01. The summed E-state index contributed by atoms with van der Waals surface area (Å²) in [5, 5.41) is 6.21. The average Bonchev–Trinajstić information content (AvgIpc) is 3.11. The molecule has 2 heterocycles. The Morgan fingerprint density at radius 2 is 2.00 bits per heavy atom. The largest absolute Gasteiger partial charge is 0.279 e. The van der Waals surface area contributed by atoms with Crippen LogP contribution in [0.5, 0.6) is 0 Å². The molecule has 0 saturated heterocycles. The zero-order valence-corrected chi connectivity index (χ0v) is 14.7. The van der Waals surface area contributed by atoms with E-state index < -0.39 is 10.0 Å². The van der Waals surface area contributed by atoms with Crippen LogP contribution in [0.3, 0.4) is 0 Å². The Morgan fingerprint density at radius 3 is 2.70 bits per heavy atom. The fourth-order valence-corrected chi connectivity index (χ4v) is 4.40. The molecule has 1 aromatic carbocycles. The maximum absolute atomic E-state index is 12.8. The van der Waals surface area contributed by atoms with Crippen molar-refractivity contribution in [2.45, 2.75) is 18.7 Å². The van der Waals surface area contributed by atoms with Crippen LogP contribution in [0.4, 0.5) is 5.69 Å². The lowest BCUT2D eigenvalue weighted by Crippen LogP contribution is -2.14. The Hall–Kier alpha value is -2.12. The summed E-state index contributed by atoms with van der Waals surface area (Å²) in [5.41, 5.74) is 2.94. The van der Waals surface area contributed by atoms with Gasteiger partial charge in [0.15, 0.2) is 0 Å². The van der Waals surface area contributed by atoms with Gasteiger partial charge < -0.3 is 0 Å². The molecule has 120 valence electrons. The van der Waals surface area contributed by atoms with E-state index >= 15 is 0 Å². The molecule has 0 atom stereocenters. The molecule has 3 rings (SSSR count). The molecular formula is C16H17N3O2S2. The van der Waals surface area contributed by atoms with E-state index in [2.05, 4.69) is 9.82 Å². The van der Waals surface area contributed by atoms with Crippen LogP contribution in [0.15, 0.2) is 46.8 Å². The van der Waals surface area contributed by atoms with Crippen molar-refractivity contribution in [2.24, 2.45) is 7.05 Å². The van der Waals surface area contributed by atoms with Crippen molar-refractivity contribution in [3.63, 3.8) is 0 Å². The maximum Gasteiger partial charge on any atom is 0.265 e. The first-order valence-electron chi connectivity index (χ1n) is 7.04. The second-order valence-electron chi connectivity index (χ2n) is 5.42. The number of hydrogen-bond donors (Lipinski definition) is 1. The highest BCUT2D eigenvalue weighted by Crippen LogP contribution is 2.31. The smallest absolute Gasteiger partial charge is 0.265 e. The minimum atomic E-state index is -3.72. The van der Waals surface area contributed by atoms with E-state index in [1.807, 2.05) is 49.6 Å². The molecule has 5 nitrogen and oxygen atoms in total. The molecule has 0 aliphatic heterocycles. The summed E-state index contributed by atoms with van der Waals surface area (Å²) in [6.45, 7) is 3.80. The number of nitrogens with zero attached hydrogens (tertiary/aromatic N) is 2. The van der Waals surface area contributed by atoms with Gasteiger partial charge in [0.2, 0.25) is 0 Å². The molecule has 2 aromatic heterocycles. The second-order valence-corrected chi connectivity index (χ2v) is 8.02. The third-order valence-corrected chi connectivity index (χ3v) is 5.72. The summed E-state index contributed by atoms with van der Waals surface area (Å²) >= 11 is 1.46. The highest BCUT2D eigenvalue weighted by Gasteiger charge is 2.24. The van der Waals surface area contributed by atoms with E-state index in [1.165, 1.54) is 22.2 Å². The Bertz CT molecular complexity index is 942. The van der Waals surface area contributed by atoms with E-state index in [1.54, 1.807) is 7.05 Å². The van der Waals surface area contributed by atoms with E-state index in [9.17, 15) is 8.42 Å². The summed E-state index contributed by atoms with van der Waals surface area (Å²) in [5.74, 6) is 0. The number of hydrogen-bond acceptors (Lipinski definition) is 4. The third kappa shape index (κ3) is 3.16. The first-order chi connectivity index (χ1) is 10.9. The predicted molar refractivity (Wildman–Crippen MR) is 93.2 cm³/mol. The molecule has 0 saturated carbocycles. The summed E-state index contributed by atoms with van der Waals surface area (Å²) in [6.07, 6.45) is 1.53. The van der Waals surface area contributed by atoms with Crippen LogP contribution in [-0.2, 0) is 17.1 Å². The average molecular weight is 347 g/mol. The minimum Gasteiger partial charge on any atom is -0.279 e. The Morgan fingerprint density at radius 1 is 1.22 bits per heavy atom. The lowest BCUT2D eigenvalue weighted by Gasteiger charge is -2.11. The highest BCUT2D eigenvalue weighted by molar-refractivity contribution is 7.92. The van der Waals surface area contributed by atoms with Crippen molar-refractivity contribution < 1.29 is 8.42 Å². The van der Waals surface area contributed by atoms with Crippen molar-refractivity contribution in [2.75, 3.05) is 4.72 Å². The summed E-state index contributed by atoms with van der Waals surface area (Å²) in [7, 11) is -2.00. The summed E-state index contributed by atoms with van der Waals surface area (Å²) < 4.78 is 29.9. The van der Waals surface area contributed by atoms with Crippen LogP contribution in [-0.4, -0.2) is 18.2 Å². The molecule has 7 heteroatoms. The zero-order valence-electron chi connectivity index (χ0n) is 13.1. The Kier molecular flexibility index (Phi) is 3.99. The van der Waals surface area contributed by atoms with E-state index in [-0.39, 0.29) is 4.90 Å². The van der Waals surface area contributed by atoms with Gasteiger partial charge in [-0.05, 0) is 42.5 Å². The number of anilines is 1. The number of rotatable bonds is 4. The van der Waals surface area contributed by atoms with Gasteiger partial charge in [0, 0.05) is 13.2 Å². The normalized spacial score (nSPS) is 11.6. The molecule has 0 aliphatic rings. The van der Waals surface area contributed by atoms with Gasteiger partial charge in [-0.1, -0.05) is 18.2 Å². The van der Waals surface area contributed by atoms with Gasteiger partial charge in [0.1, 0.15) is 10.6 Å². The van der Waals surface area contributed by atoms with Gasteiger partial charge in [-0.15, -0.1) is 11.3 Å². The second kappa shape index (κ2) is 5.82. The molecule has 0 unspecified atom stereocenters. The molecule has 0 spiro atoms. The number of thiophene rings is 1. The van der Waals surface area contributed by atoms with Crippen molar-refractivity contribution in [1.29, 1.82) is 0 Å². The SMILES string of the molecule is Cc1ccc(C)c(NS(=O)(=O)c2cn(C)nc2-c2cccs2)c1. The molecule has 0 fully saturated rings. The highest BCUT2D eigenvalue weighted by atomic mass is 32.2. The van der Waals surface area contributed by atoms with E-state index in [0.29, 0.717) is 11.4 Å². The lowest BCUT2D eigenvalue weighted by molar-refractivity contribution is 0.601. The van der Waals surface area contributed by atoms with Crippen molar-refractivity contribution in [3.8, 4) is 10.6 Å². The van der Waals surface area contributed by atoms with Crippen molar-refractivity contribution in [3.05, 3.63) is 53.0 Å². The van der Waals surface area contributed by atoms with Gasteiger partial charge in [-0.3, -0.25) is 9.40 Å². The molecule has 23 heavy (non-hydrogen) atoms. The molecule has 3 aromatic rings. The first-order valence-corrected chi connectivity index (χ1v) is 9.41. The zero-order chi connectivity index (χ0) is 16.6. The third-order valence-electron chi connectivity index (χ3n) is 3.48. The molecule has 0 aliphatic carbocycles. The van der Waals surface area contributed by atoms with Crippen LogP contribution >= 0.6 is 11.3 Å². The van der Waals surface area contributed by atoms with Crippen LogP contribution < -0.4 is 4.72 Å². The Balaban J connectivity index is 2.06. The topological polar surface area (TPSA) is 64.0 Å². The van der Waals surface area contributed by atoms with Gasteiger partial charge in [0.25, 0.3) is 10.0 Å². The number of sulfonamides is 1. The van der Waals surface area contributed by atoms with E-state index in [4.69, 9.17) is 0 Å². The minimum absolute atomic E-state index is 0.184. The van der Waals surface area contributed by atoms with Crippen LogP contribution in [0.2, 0.25) is 0 Å². The quantitative estimate of drug-likeness (QED) is 0.785. The lowest BCUT2D eigenvalue weighted by atomic mass is 10.1. The predicted octanol–water partition coefficient (Wildman–Crippen LogP) is 3.57. The molecular weight excluding hydrogens is 330 g/mol.